The van der Waals surface area contributed by atoms with Crippen LogP contribution in [0.2, 0.25) is 0 Å². The van der Waals surface area contributed by atoms with Crippen LogP contribution in [0.1, 0.15) is 50.4 Å². The molecule has 1 atom stereocenters. The van der Waals surface area contributed by atoms with Gasteiger partial charge in [-0.15, -0.1) is 0 Å². The third kappa shape index (κ3) is 6.07. The van der Waals surface area contributed by atoms with Gasteiger partial charge in [0.05, 0.1) is 18.0 Å². The smallest absolute Gasteiger partial charge is 0.206 e. The van der Waals surface area contributed by atoms with E-state index in [1.54, 1.807) is 36.5 Å². The number of amidine groups is 1. The molecule has 5 N–H and O–H groups in total. The van der Waals surface area contributed by atoms with Crippen molar-refractivity contribution in [2.24, 2.45) is 11.1 Å². The van der Waals surface area contributed by atoms with E-state index in [1.165, 1.54) is 32.2 Å². The Morgan fingerprint density at radius 2 is 1.97 bits per heavy atom. The molecule has 1 spiro atoms. The maximum atomic E-state index is 10.1. The Hall–Kier alpha value is -3.90. The minimum atomic E-state index is -0.0999. The van der Waals surface area contributed by atoms with E-state index in [-0.39, 0.29) is 23.3 Å². The number of aromatic hydroxyl groups is 1. The molecule has 0 amide bonds. The maximum Gasteiger partial charge on any atom is 0.206 e. The zero-order chi connectivity index (χ0) is 27.4. The van der Waals surface area contributed by atoms with Gasteiger partial charge in [-0.05, 0) is 74.8 Å². The highest BCUT2D eigenvalue weighted by atomic mass is 16.3. The molecule has 1 saturated carbocycles. The molecular formula is C30H38N8O. The second-order valence-electron chi connectivity index (χ2n) is 11.0. The lowest BCUT2D eigenvalue weighted by atomic mass is 9.68. The normalized spacial score (nSPS) is 21.2. The van der Waals surface area contributed by atoms with Crippen LogP contribution < -0.4 is 10.6 Å². The number of hydrogen-bond acceptors (Lipinski definition) is 8. The Morgan fingerprint density at radius 3 is 2.69 bits per heavy atom. The van der Waals surface area contributed by atoms with Crippen molar-refractivity contribution in [3.8, 4) is 17.6 Å². The molecule has 3 heterocycles. The minimum Gasteiger partial charge on any atom is -0.507 e. The molecule has 3 aliphatic rings. The summed E-state index contributed by atoms with van der Waals surface area (Å²) in [4.78, 5) is 15.9. The first-order valence-corrected chi connectivity index (χ1v) is 13.8. The molecule has 0 radical (unpaired) electrons. The lowest BCUT2D eigenvalue weighted by Gasteiger charge is -2.38. The SMILES string of the molecule is C[C@@H]1CCN(/C(=C/C(=N)c2ccccc2O)C(=N)N)CCN1c1ccnc(C#CCN2CCC3(CCC3)C2)n1. The van der Waals surface area contributed by atoms with Crippen LogP contribution in [0.4, 0.5) is 5.82 Å². The molecule has 2 saturated heterocycles. The standard InChI is InChI=1S/C30H38N8O/c1-22-10-16-37(25(29(32)33)20-24(31)23-6-2-3-7-26(23)39)18-19-38(22)28-9-14-34-27(35-28)8-4-15-36-17-13-30(21-36)11-5-12-30/h2-3,6-7,9,14,20,22,31,39H,5,10-13,15-19,21H2,1H3,(H3,32,33)/b25-20+,31-24?/t22-/m1/s1. The Balaban J connectivity index is 1.25. The molecule has 9 heteroatoms. The quantitative estimate of drug-likeness (QED) is 0.258. The lowest BCUT2D eigenvalue weighted by molar-refractivity contribution is 0.143. The van der Waals surface area contributed by atoms with E-state index in [2.05, 4.69) is 33.5 Å². The van der Waals surface area contributed by atoms with Crippen LogP contribution >= 0.6 is 0 Å². The summed E-state index contributed by atoms with van der Waals surface area (Å²) in [5, 5.41) is 26.8. The number of rotatable bonds is 6. The van der Waals surface area contributed by atoms with Crippen molar-refractivity contribution in [2.45, 2.75) is 45.1 Å². The summed E-state index contributed by atoms with van der Waals surface area (Å²) in [6, 6.07) is 8.85. The minimum absolute atomic E-state index is 0.0303. The maximum absolute atomic E-state index is 10.1. The van der Waals surface area contributed by atoms with E-state index in [1.807, 2.05) is 11.0 Å². The Labute approximate surface area is 230 Å². The largest absolute Gasteiger partial charge is 0.507 e. The molecule has 0 bridgehead atoms. The van der Waals surface area contributed by atoms with E-state index >= 15 is 0 Å². The average molecular weight is 527 g/mol. The van der Waals surface area contributed by atoms with Crippen LogP contribution in [-0.2, 0) is 0 Å². The Bertz CT molecular complexity index is 1320. The molecular weight excluding hydrogens is 488 g/mol. The van der Waals surface area contributed by atoms with Gasteiger partial charge >= 0.3 is 0 Å². The highest BCUT2D eigenvalue weighted by molar-refractivity contribution is 6.12. The summed E-state index contributed by atoms with van der Waals surface area (Å²) in [7, 11) is 0. The molecule has 2 aliphatic heterocycles. The number of aromatic nitrogens is 2. The molecule has 39 heavy (non-hydrogen) atoms. The third-order valence-electron chi connectivity index (χ3n) is 8.42. The first-order chi connectivity index (χ1) is 18.8. The van der Waals surface area contributed by atoms with Crippen molar-refractivity contribution < 1.29 is 5.11 Å². The van der Waals surface area contributed by atoms with E-state index in [0.717, 1.165) is 25.3 Å². The summed E-state index contributed by atoms with van der Waals surface area (Å²) >= 11 is 0. The van der Waals surface area contributed by atoms with E-state index < -0.39 is 0 Å². The summed E-state index contributed by atoms with van der Waals surface area (Å²) in [5.41, 5.74) is 7.54. The molecule has 0 unspecified atom stereocenters. The Morgan fingerprint density at radius 1 is 1.15 bits per heavy atom. The number of anilines is 1. The number of para-hydroxylation sites is 1. The van der Waals surface area contributed by atoms with E-state index in [4.69, 9.17) is 21.5 Å². The summed E-state index contributed by atoms with van der Waals surface area (Å²) in [6.07, 6.45) is 9.60. The average Bonchev–Trinajstić information content (AvgIpc) is 3.26. The van der Waals surface area contributed by atoms with Gasteiger partial charge in [0.25, 0.3) is 0 Å². The molecule has 1 aliphatic carbocycles. The number of nitrogens with zero attached hydrogens (tertiary/aromatic N) is 5. The first kappa shape index (κ1) is 26.7. The number of likely N-dealkylation sites (tertiary alicyclic amines) is 1. The zero-order valence-corrected chi connectivity index (χ0v) is 22.7. The van der Waals surface area contributed by atoms with Crippen LogP contribution in [0.3, 0.4) is 0 Å². The van der Waals surface area contributed by atoms with Gasteiger partial charge in [0.15, 0.2) is 0 Å². The predicted molar refractivity (Wildman–Crippen MR) is 154 cm³/mol. The zero-order valence-electron chi connectivity index (χ0n) is 22.7. The van der Waals surface area contributed by atoms with E-state index in [0.29, 0.717) is 42.1 Å². The fourth-order valence-corrected chi connectivity index (χ4v) is 5.94. The van der Waals surface area contributed by atoms with Gasteiger partial charge in [-0.25, -0.2) is 9.97 Å². The van der Waals surface area contributed by atoms with Gasteiger partial charge in [-0.1, -0.05) is 24.5 Å². The highest BCUT2D eigenvalue weighted by Crippen LogP contribution is 2.47. The number of benzene rings is 1. The van der Waals surface area contributed by atoms with Crippen LogP contribution in [0.15, 0.2) is 48.3 Å². The van der Waals surface area contributed by atoms with Gasteiger partial charge in [-0.2, -0.15) is 0 Å². The fraction of sp³-hybridized carbons (Fsp3) is 0.467. The number of hydrogen-bond donors (Lipinski definition) is 4. The molecule has 2 aromatic rings. The second kappa shape index (κ2) is 11.5. The molecule has 1 aromatic carbocycles. The van der Waals surface area contributed by atoms with Gasteiger partial charge in [0.1, 0.15) is 17.4 Å². The lowest BCUT2D eigenvalue weighted by Crippen LogP contribution is -2.37. The molecule has 204 valence electrons. The number of nitrogens with two attached hydrogens (primary N) is 1. The second-order valence-corrected chi connectivity index (χ2v) is 11.0. The van der Waals surface area contributed by atoms with Gasteiger partial charge in [0.2, 0.25) is 5.82 Å². The number of allylic oxidation sites excluding steroid dienone is 1. The molecule has 3 fully saturated rings. The predicted octanol–water partition coefficient (Wildman–Crippen LogP) is 3.20. The van der Waals surface area contributed by atoms with E-state index in [9.17, 15) is 5.11 Å². The first-order valence-electron chi connectivity index (χ1n) is 13.8. The van der Waals surface area contributed by atoms with Crippen molar-refractivity contribution in [3.63, 3.8) is 0 Å². The van der Waals surface area contributed by atoms with Crippen LogP contribution in [0.5, 0.6) is 5.75 Å². The third-order valence-corrected chi connectivity index (χ3v) is 8.42. The monoisotopic (exact) mass is 526 g/mol. The summed E-state index contributed by atoms with van der Waals surface area (Å²) < 4.78 is 0. The van der Waals surface area contributed by atoms with Gasteiger partial charge < -0.3 is 26.0 Å². The summed E-state index contributed by atoms with van der Waals surface area (Å²) in [5.74, 6) is 7.79. The Kier molecular flexibility index (Phi) is 7.84. The van der Waals surface area contributed by atoms with Crippen LogP contribution in [-0.4, -0.2) is 81.7 Å². The van der Waals surface area contributed by atoms with Gasteiger partial charge in [-0.3, -0.25) is 10.3 Å². The van der Waals surface area contributed by atoms with Crippen molar-refractivity contribution in [3.05, 3.63) is 59.7 Å². The number of phenols is 1. The summed E-state index contributed by atoms with van der Waals surface area (Å²) in [6.45, 7) is 7.22. The number of phenolic OH excluding ortho intramolecular Hbond substituents is 1. The number of nitrogens with one attached hydrogen (secondary N) is 2. The van der Waals surface area contributed by atoms with Crippen molar-refractivity contribution >= 4 is 17.4 Å². The van der Waals surface area contributed by atoms with Gasteiger partial charge in [0, 0.05) is 44.0 Å². The van der Waals surface area contributed by atoms with Crippen LogP contribution in [0.25, 0.3) is 0 Å². The van der Waals surface area contributed by atoms with Crippen LogP contribution in [0, 0.1) is 28.1 Å². The molecule has 9 nitrogen and oxygen atoms in total. The van der Waals surface area contributed by atoms with Crippen molar-refractivity contribution in [1.82, 2.24) is 19.8 Å². The highest BCUT2D eigenvalue weighted by Gasteiger charge is 2.42. The van der Waals surface area contributed by atoms with Crippen molar-refractivity contribution in [2.75, 3.05) is 44.2 Å². The fourth-order valence-electron chi connectivity index (χ4n) is 5.94. The molecule has 1 aromatic heterocycles. The topological polar surface area (TPSA) is 129 Å². The molecule has 5 rings (SSSR count). The van der Waals surface area contributed by atoms with Crippen molar-refractivity contribution in [1.29, 1.82) is 10.8 Å².